The highest BCUT2D eigenvalue weighted by atomic mass is 16.1. The Morgan fingerprint density at radius 3 is 2.27 bits per heavy atom. The maximum atomic E-state index is 12.9. The highest BCUT2D eigenvalue weighted by molar-refractivity contribution is 5.99. The normalized spacial score (nSPS) is 10.9. The molecule has 2 aromatic heterocycles. The van der Waals surface area contributed by atoms with Gasteiger partial charge in [0, 0.05) is 54.7 Å². The van der Waals surface area contributed by atoms with Gasteiger partial charge < -0.3 is 9.88 Å². The van der Waals surface area contributed by atoms with E-state index >= 15 is 0 Å². The number of unbranched alkanes of at least 4 members (excludes halogenated alkanes) is 1. The Bertz CT molecular complexity index is 1530. The van der Waals surface area contributed by atoms with Gasteiger partial charge in [-0.05, 0) is 43.2 Å². The molecule has 0 saturated heterocycles. The van der Waals surface area contributed by atoms with Gasteiger partial charge in [0.25, 0.3) is 0 Å². The fourth-order valence-corrected chi connectivity index (χ4v) is 4.28. The van der Waals surface area contributed by atoms with Crippen LogP contribution in [0.5, 0.6) is 0 Å². The third-order valence-electron chi connectivity index (χ3n) is 6.14. The number of nitrogens with one attached hydrogen (secondary N) is 1. The van der Waals surface area contributed by atoms with E-state index in [0.29, 0.717) is 23.2 Å². The van der Waals surface area contributed by atoms with Crippen molar-refractivity contribution in [1.82, 2.24) is 19.5 Å². The number of aromatic nitrogens is 4. The Labute approximate surface area is 215 Å². The van der Waals surface area contributed by atoms with Crippen molar-refractivity contribution < 1.29 is 9.59 Å². The average molecular weight is 490 g/mol. The maximum absolute atomic E-state index is 12.9. The molecule has 0 unspecified atom stereocenters. The number of carbonyl (C=O) groups excluding carboxylic acids is 2. The lowest BCUT2D eigenvalue weighted by Gasteiger charge is -2.12. The molecule has 184 valence electrons. The van der Waals surface area contributed by atoms with Crippen molar-refractivity contribution in [3.05, 3.63) is 97.1 Å². The summed E-state index contributed by atoms with van der Waals surface area (Å²) in [6.45, 7) is 2.33. The van der Waals surface area contributed by atoms with Crippen LogP contribution in [0.1, 0.15) is 36.5 Å². The van der Waals surface area contributed by atoms with Gasteiger partial charge in [0.05, 0.1) is 28.7 Å². The molecule has 0 radical (unpaired) electrons. The average Bonchev–Trinajstić information content (AvgIpc) is 3.44. The molecule has 7 nitrogen and oxygen atoms in total. The van der Waals surface area contributed by atoms with E-state index in [2.05, 4.69) is 10.3 Å². The molecule has 2 heterocycles. The number of carbonyl (C=O) groups is 2. The van der Waals surface area contributed by atoms with Gasteiger partial charge in [0.2, 0.25) is 5.91 Å². The zero-order chi connectivity index (χ0) is 25.6. The summed E-state index contributed by atoms with van der Waals surface area (Å²) in [5.74, 6) is -0.0233. The van der Waals surface area contributed by atoms with Crippen LogP contribution in [0, 0.1) is 0 Å². The topological polar surface area (TPSA) is 89.8 Å². The van der Waals surface area contributed by atoms with Crippen LogP contribution in [-0.4, -0.2) is 31.2 Å². The number of nitrogens with zero attached hydrogens (tertiary/aromatic N) is 4. The van der Waals surface area contributed by atoms with Crippen molar-refractivity contribution in [3.63, 3.8) is 0 Å². The second kappa shape index (κ2) is 11.0. The van der Waals surface area contributed by atoms with E-state index in [9.17, 15) is 9.59 Å². The van der Waals surface area contributed by atoms with Crippen LogP contribution in [0.4, 0.5) is 5.69 Å². The Morgan fingerprint density at radius 2 is 1.57 bits per heavy atom. The SMILES string of the molecule is CC(=O)Nc1ccc(-c2nc3cc(C(=O)CCCCn4ccnc4)ccc3nc2-c2ccccc2)cc1. The Hall–Kier alpha value is -4.65. The monoisotopic (exact) mass is 489 g/mol. The quantitative estimate of drug-likeness (QED) is 0.197. The van der Waals surface area contributed by atoms with Crippen molar-refractivity contribution in [2.75, 3.05) is 5.32 Å². The van der Waals surface area contributed by atoms with Crippen LogP contribution in [0.2, 0.25) is 0 Å². The predicted molar refractivity (Wildman–Crippen MR) is 145 cm³/mol. The largest absolute Gasteiger partial charge is 0.337 e. The van der Waals surface area contributed by atoms with Crippen LogP contribution in [0.3, 0.4) is 0 Å². The van der Waals surface area contributed by atoms with Crippen molar-refractivity contribution in [2.45, 2.75) is 32.7 Å². The van der Waals surface area contributed by atoms with E-state index in [1.807, 2.05) is 83.6 Å². The zero-order valence-electron chi connectivity index (χ0n) is 20.6. The molecule has 0 fully saturated rings. The third-order valence-corrected chi connectivity index (χ3v) is 6.14. The number of fused-ring (bicyclic) bond motifs is 1. The fraction of sp³-hybridized carbons (Fsp3) is 0.167. The molecule has 0 aliphatic carbocycles. The van der Waals surface area contributed by atoms with E-state index in [-0.39, 0.29) is 11.7 Å². The van der Waals surface area contributed by atoms with E-state index in [0.717, 1.165) is 47.4 Å². The predicted octanol–water partition coefficient (Wildman–Crippen LogP) is 6.17. The second-order valence-corrected chi connectivity index (χ2v) is 8.93. The van der Waals surface area contributed by atoms with Crippen molar-refractivity contribution in [1.29, 1.82) is 0 Å². The minimum absolute atomic E-state index is 0.0997. The van der Waals surface area contributed by atoms with E-state index in [1.165, 1.54) is 6.92 Å². The van der Waals surface area contributed by atoms with Gasteiger partial charge in [-0.15, -0.1) is 0 Å². The number of aryl methyl sites for hydroxylation is 1. The smallest absolute Gasteiger partial charge is 0.221 e. The third kappa shape index (κ3) is 5.78. The lowest BCUT2D eigenvalue weighted by Crippen LogP contribution is -2.05. The summed E-state index contributed by atoms with van der Waals surface area (Å²) in [6, 6.07) is 23.0. The van der Waals surface area contributed by atoms with Gasteiger partial charge in [-0.2, -0.15) is 0 Å². The number of amides is 1. The number of hydrogen-bond donors (Lipinski definition) is 1. The van der Waals surface area contributed by atoms with Crippen LogP contribution in [0.15, 0.2) is 91.5 Å². The standard InChI is InChI=1S/C30H27N5O2/c1-21(36)32-25-13-10-23(11-14-25)30-29(22-7-3-2-4-8-22)33-26-15-12-24(19-27(26)34-30)28(37)9-5-6-17-35-18-16-31-20-35/h2-4,7-8,10-16,18-20H,5-6,9,17H2,1H3,(H,32,36). The summed E-state index contributed by atoms with van der Waals surface area (Å²) in [6.07, 6.45) is 7.68. The number of benzene rings is 3. The molecule has 1 amide bonds. The molecular formula is C30H27N5O2. The summed E-state index contributed by atoms with van der Waals surface area (Å²) in [4.78, 5) is 38.3. The summed E-state index contributed by atoms with van der Waals surface area (Å²) < 4.78 is 2.02. The van der Waals surface area contributed by atoms with Gasteiger partial charge in [0.15, 0.2) is 5.78 Å². The van der Waals surface area contributed by atoms with Crippen molar-refractivity contribution >= 4 is 28.4 Å². The van der Waals surface area contributed by atoms with Crippen LogP contribution < -0.4 is 5.32 Å². The molecule has 0 saturated carbocycles. The molecule has 3 aromatic carbocycles. The van der Waals surface area contributed by atoms with Gasteiger partial charge in [-0.1, -0.05) is 42.5 Å². The summed E-state index contributed by atoms with van der Waals surface area (Å²) in [7, 11) is 0. The number of imidazole rings is 1. The Kier molecular flexibility index (Phi) is 7.12. The van der Waals surface area contributed by atoms with Crippen LogP contribution in [0.25, 0.3) is 33.5 Å². The molecule has 0 bridgehead atoms. The number of rotatable bonds is 9. The fourth-order valence-electron chi connectivity index (χ4n) is 4.28. The first-order valence-corrected chi connectivity index (χ1v) is 12.3. The Balaban J connectivity index is 1.44. The molecule has 5 aromatic rings. The molecule has 1 N–H and O–H groups in total. The van der Waals surface area contributed by atoms with Crippen molar-refractivity contribution in [3.8, 4) is 22.5 Å². The van der Waals surface area contributed by atoms with Crippen LogP contribution in [-0.2, 0) is 11.3 Å². The summed E-state index contributed by atoms with van der Waals surface area (Å²) in [5, 5.41) is 2.79. The molecule has 5 rings (SSSR count). The number of ketones is 1. The second-order valence-electron chi connectivity index (χ2n) is 8.93. The van der Waals surface area contributed by atoms with Gasteiger partial charge >= 0.3 is 0 Å². The zero-order valence-corrected chi connectivity index (χ0v) is 20.6. The first-order chi connectivity index (χ1) is 18.1. The Morgan fingerprint density at radius 1 is 0.838 bits per heavy atom. The minimum Gasteiger partial charge on any atom is -0.337 e. The van der Waals surface area contributed by atoms with Gasteiger partial charge in [0.1, 0.15) is 0 Å². The van der Waals surface area contributed by atoms with Crippen LogP contribution >= 0.6 is 0 Å². The van der Waals surface area contributed by atoms with E-state index < -0.39 is 0 Å². The molecule has 0 atom stereocenters. The maximum Gasteiger partial charge on any atom is 0.221 e. The van der Waals surface area contributed by atoms with Gasteiger partial charge in [-0.25, -0.2) is 15.0 Å². The highest BCUT2D eigenvalue weighted by Gasteiger charge is 2.15. The molecule has 7 heteroatoms. The molecule has 0 aliphatic heterocycles. The molecule has 0 spiro atoms. The summed E-state index contributed by atoms with van der Waals surface area (Å²) >= 11 is 0. The van der Waals surface area contributed by atoms with Crippen molar-refractivity contribution in [2.24, 2.45) is 0 Å². The highest BCUT2D eigenvalue weighted by Crippen LogP contribution is 2.32. The molecular weight excluding hydrogens is 462 g/mol. The lowest BCUT2D eigenvalue weighted by molar-refractivity contribution is -0.114. The number of hydrogen-bond acceptors (Lipinski definition) is 5. The minimum atomic E-state index is -0.123. The van der Waals surface area contributed by atoms with E-state index in [4.69, 9.17) is 9.97 Å². The molecule has 0 aliphatic rings. The summed E-state index contributed by atoms with van der Waals surface area (Å²) in [5.41, 5.74) is 6.07. The van der Waals surface area contributed by atoms with Gasteiger partial charge in [-0.3, -0.25) is 9.59 Å². The number of anilines is 1. The molecule has 37 heavy (non-hydrogen) atoms. The lowest BCUT2D eigenvalue weighted by atomic mass is 10.0. The van der Waals surface area contributed by atoms with E-state index in [1.54, 1.807) is 12.5 Å². The number of Topliss-reactive ketones (excluding diaryl/α,β-unsaturated/α-hetero) is 1. The first kappa shape index (κ1) is 24.1. The first-order valence-electron chi connectivity index (χ1n) is 12.3.